The van der Waals surface area contributed by atoms with E-state index >= 15 is 0 Å². The van der Waals surface area contributed by atoms with Crippen molar-refractivity contribution in [2.24, 2.45) is 0 Å². The summed E-state index contributed by atoms with van der Waals surface area (Å²) in [7, 11) is -5.57. The van der Waals surface area contributed by atoms with Crippen LogP contribution in [0.25, 0.3) is 10.9 Å². The molecule has 0 aliphatic carbocycles. The highest BCUT2D eigenvalue weighted by Gasteiger charge is 2.39. The molecule has 144 valence electrons. The van der Waals surface area contributed by atoms with E-state index in [-0.39, 0.29) is 9.93 Å². The van der Waals surface area contributed by atoms with Crippen molar-refractivity contribution in [3.63, 3.8) is 0 Å². The monoisotopic (exact) mass is 401 g/mol. The fourth-order valence-corrected chi connectivity index (χ4v) is 5.02. The number of hydrogen-bond donors (Lipinski definition) is 0. The van der Waals surface area contributed by atoms with Gasteiger partial charge in [-0.25, -0.2) is 12.4 Å². The van der Waals surface area contributed by atoms with Crippen LogP contribution in [0.4, 0.5) is 0 Å². The summed E-state index contributed by atoms with van der Waals surface area (Å²) in [6.07, 6.45) is 1.61. The van der Waals surface area contributed by atoms with Crippen LogP contribution in [0.1, 0.15) is 26.3 Å². The number of aromatic nitrogens is 1. The van der Waals surface area contributed by atoms with Crippen LogP contribution in [-0.2, 0) is 10.0 Å². The third-order valence-electron chi connectivity index (χ3n) is 5.38. The minimum atomic E-state index is -3.63. The fraction of sp³-hybridized carbons (Fsp3) is 0.333. The fourth-order valence-electron chi connectivity index (χ4n) is 2.64. The van der Waals surface area contributed by atoms with E-state index in [2.05, 4.69) is 33.9 Å². The number of aryl methyl sites for hydroxylation is 1. The van der Waals surface area contributed by atoms with Gasteiger partial charge >= 0.3 is 0 Å². The smallest absolute Gasteiger partial charge is 0.268 e. The van der Waals surface area contributed by atoms with E-state index in [4.69, 9.17) is 4.43 Å². The van der Waals surface area contributed by atoms with Gasteiger partial charge in [0.2, 0.25) is 8.32 Å². The Morgan fingerprint density at radius 2 is 1.59 bits per heavy atom. The predicted molar refractivity (Wildman–Crippen MR) is 114 cm³/mol. The molecule has 0 fully saturated rings. The average molecular weight is 402 g/mol. The Hall–Kier alpha value is -2.05. The summed E-state index contributed by atoms with van der Waals surface area (Å²) in [5, 5.41) is 0.949. The van der Waals surface area contributed by atoms with E-state index in [0.29, 0.717) is 5.52 Å². The van der Waals surface area contributed by atoms with Gasteiger partial charge in [-0.05, 0) is 61.5 Å². The third kappa shape index (κ3) is 3.69. The van der Waals surface area contributed by atoms with Gasteiger partial charge in [-0.2, -0.15) is 0 Å². The zero-order valence-electron chi connectivity index (χ0n) is 16.8. The number of nitrogens with zero attached hydrogens (tertiary/aromatic N) is 1. The molecule has 4 nitrogen and oxygen atoms in total. The van der Waals surface area contributed by atoms with Gasteiger partial charge in [-0.15, -0.1) is 0 Å². The molecule has 0 aliphatic rings. The summed E-state index contributed by atoms with van der Waals surface area (Å²) in [6.45, 7) is 12.9. The zero-order valence-corrected chi connectivity index (χ0v) is 18.6. The third-order valence-corrected chi connectivity index (χ3v) is 11.4. The van der Waals surface area contributed by atoms with Crippen LogP contribution in [0.15, 0.2) is 59.6 Å². The first-order valence-electron chi connectivity index (χ1n) is 9.04. The van der Waals surface area contributed by atoms with Gasteiger partial charge < -0.3 is 4.43 Å². The van der Waals surface area contributed by atoms with Gasteiger partial charge in [0, 0.05) is 11.6 Å². The largest absolute Gasteiger partial charge is 0.543 e. The van der Waals surface area contributed by atoms with Crippen molar-refractivity contribution in [2.45, 2.75) is 50.7 Å². The molecule has 0 radical (unpaired) electrons. The van der Waals surface area contributed by atoms with Crippen LogP contribution >= 0.6 is 0 Å². The van der Waals surface area contributed by atoms with Crippen LogP contribution in [0.2, 0.25) is 18.1 Å². The Balaban J connectivity index is 2.00. The lowest BCUT2D eigenvalue weighted by molar-refractivity contribution is 0.493. The molecule has 3 aromatic rings. The standard InChI is InChI=1S/C21H27NO3SSi/c1-16-7-10-19(11-8-16)26(23,24)22-14-13-17-15-18(9-12-20(17)22)25-27(5,6)21(2,3)4/h7-15H,1-6H3. The van der Waals surface area contributed by atoms with Crippen molar-refractivity contribution in [3.05, 3.63) is 60.3 Å². The SMILES string of the molecule is Cc1ccc(S(=O)(=O)n2ccc3cc(O[Si](C)(C)C(C)(C)C)ccc32)cc1. The summed E-state index contributed by atoms with van der Waals surface area (Å²) < 4.78 is 33.7. The summed E-state index contributed by atoms with van der Waals surface area (Å²) in [6, 6.07) is 14.3. The molecule has 1 heterocycles. The number of fused-ring (bicyclic) bond motifs is 1. The van der Waals surface area contributed by atoms with Crippen LogP contribution in [0.5, 0.6) is 5.75 Å². The van der Waals surface area contributed by atoms with Crippen molar-refractivity contribution in [1.29, 1.82) is 0 Å². The minimum Gasteiger partial charge on any atom is -0.543 e. The number of hydrogen-bond acceptors (Lipinski definition) is 3. The highest BCUT2D eigenvalue weighted by Crippen LogP contribution is 2.38. The van der Waals surface area contributed by atoms with Crippen LogP contribution in [0.3, 0.4) is 0 Å². The van der Waals surface area contributed by atoms with Gasteiger partial charge in [-0.1, -0.05) is 38.5 Å². The molecule has 3 rings (SSSR count). The van der Waals surface area contributed by atoms with Crippen molar-refractivity contribution in [3.8, 4) is 5.75 Å². The van der Waals surface area contributed by atoms with E-state index in [1.54, 1.807) is 18.3 Å². The van der Waals surface area contributed by atoms with E-state index in [0.717, 1.165) is 16.7 Å². The van der Waals surface area contributed by atoms with Crippen LogP contribution in [0, 0.1) is 6.92 Å². The Kier molecular flexibility index (Phi) is 4.76. The highest BCUT2D eigenvalue weighted by molar-refractivity contribution is 7.90. The lowest BCUT2D eigenvalue weighted by atomic mass is 10.2. The number of rotatable bonds is 4. The van der Waals surface area contributed by atoms with Gasteiger partial charge in [-0.3, -0.25) is 0 Å². The molecular formula is C21H27NO3SSi. The van der Waals surface area contributed by atoms with Gasteiger partial charge in [0.25, 0.3) is 10.0 Å². The summed E-state index contributed by atoms with van der Waals surface area (Å²) >= 11 is 0. The molecule has 27 heavy (non-hydrogen) atoms. The normalized spacial score (nSPS) is 13.1. The van der Waals surface area contributed by atoms with E-state index < -0.39 is 18.3 Å². The molecular weight excluding hydrogens is 374 g/mol. The Bertz CT molecular complexity index is 1070. The molecule has 0 amide bonds. The molecule has 0 unspecified atom stereocenters. The molecule has 1 aromatic heterocycles. The lowest BCUT2D eigenvalue weighted by Crippen LogP contribution is -2.43. The van der Waals surface area contributed by atoms with Crippen LogP contribution in [-0.4, -0.2) is 20.7 Å². The van der Waals surface area contributed by atoms with E-state index in [1.807, 2.05) is 43.3 Å². The second-order valence-electron chi connectivity index (χ2n) is 8.51. The maximum Gasteiger partial charge on any atom is 0.268 e. The van der Waals surface area contributed by atoms with Crippen molar-refractivity contribution in [1.82, 2.24) is 3.97 Å². The van der Waals surface area contributed by atoms with Crippen LogP contribution < -0.4 is 4.43 Å². The van der Waals surface area contributed by atoms with Crippen molar-refractivity contribution in [2.75, 3.05) is 0 Å². The quantitative estimate of drug-likeness (QED) is 0.537. The first-order valence-corrected chi connectivity index (χ1v) is 13.4. The second kappa shape index (κ2) is 6.53. The molecule has 0 atom stereocenters. The van der Waals surface area contributed by atoms with E-state index in [9.17, 15) is 8.42 Å². The van der Waals surface area contributed by atoms with Crippen molar-refractivity contribution < 1.29 is 12.8 Å². The zero-order chi connectivity index (χ0) is 20.0. The molecule has 0 saturated heterocycles. The van der Waals surface area contributed by atoms with Crippen molar-refractivity contribution >= 4 is 29.2 Å². The maximum absolute atomic E-state index is 13.0. The molecule has 0 saturated carbocycles. The Labute approximate surface area is 163 Å². The van der Waals surface area contributed by atoms with Gasteiger partial charge in [0.05, 0.1) is 10.4 Å². The van der Waals surface area contributed by atoms with Gasteiger partial charge in [0.15, 0.2) is 0 Å². The van der Waals surface area contributed by atoms with E-state index in [1.165, 1.54) is 3.97 Å². The lowest BCUT2D eigenvalue weighted by Gasteiger charge is -2.36. The first kappa shape index (κ1) is 19.7. The van der Waals surface area contributed by atoms with Gasteiger partial charge in [0.1, 0.15) is 5.75 Å². The topological polar surface area (TPSA) is 48.3 Å². The summed E-state index contributed by atoms with van der Waals surface area (Å²) in [5.41, 5.74) is 1.68. The molecule has 0 bridgehead atoms. The first-order chi connectivity index (χ1) is 12.4. The Morgan fingerprint density at radius 1 is 0.963 bits per heavy atom. The minimum absolute atomic E-state index is 0.0999. The second-order valence-corrected chi connectivity index (χ2v) is 15.1. The maximum atomic E-state index is 13.0. The molecule has 0 N–H and O–H groups in total. The molecule has 0 spiro atoms. The predicted octanol–water partition coefficient (Wildman–Crippen LogP) is 5.57. The Morgan fingerprint density at radius 3 is 2.19 bits per heavy atom. The molecule has 6 heteroatoms. The highest BCUT2D eigenvalue weighted by atomic mass is 32.2. The number of benzene rings is 2. The summed E-state index contributed by atoms with van der Waals surface area (Å²) in [4.78, 5) is 0.284. The molecule has 2 aromatic carbocycles. The average Bonchev–Trinajstić information content (AvgIpc) is 2.97. The molecule has 0 aliphatic heterocycles. The summed E-state index contributed by atoms with van der Waals surface area (Å²) in [5.74, 6) is 0.791.